The van der Waals surface area contributed by atoms with Gasteiger partial charge in [-0.15, -0.1) is 0 Å². The molecule has 0 radical (unpaired) electrons. The van der Waals surface area contributed by atoms with Crippen molar-refractivity contribution < 1.29 is 9.90 Å². The first-order valence-corrected chi connectivity index (χ1v) is 7.59. The van der Waals surface area contributed by atoms with Crippen molar-refractivity contribution in [3.8, 4) is 0 Å². The fraction of sp³-hybridized carbons (Fsp3) is 0.625. The normalized spacial score (nSPS) is 17.1. The van der Waals surface area contributed by atoms with E-state index in [0.29, 0.717) is 0 Å². The maximum atomic E-state index is 10.8. The Morgan fingerprint density at radius 1 is 1.38 bits per heavy atom. The monoisotopic (exact) mass is 291 g/mol. The van der Waals surface area contributed by atoms with Crippen LogP contribution in [0.1, 0.15) is 37.9 Å². The number of rotatable bonds is 4. The fourth-order valence-electron chi connectivity index (χ4n) is 3.17. The quantitative estimate of drug-likeness (QED) is 0.867. The number of aliphatic carboxylic acids is 1. The van der Waals surface area contributed by atoms with Gasteiger partial charge in [-0.2, -0.15) is 5.10 Å². The highest BCUT2D eigenvalue weighted by Gasteiger charge is 2.25. The van der Waals surface area contributed by atoms with Crippen LogP contribution in [0.2, 0.25) is 0 Å². The van der Waals surface area contributed by atoms with Crippen molar-refractivity contribution in [3.05, 3.63) is 17.3 Å². The van der Waals surface area contributed by atoms with Gasteiger partial charge in [-0.05, 0) is 37.7 Å². The molecule has 0 saturated carbocycles. The summed E-state index contributed by atoms with van der Waals surface area (Å²) >= 11 is 0. The Morgan fingerprint density at radius 2 is 2.00 bits per heavy atom. The van der Waals surface area contributed by atoms with Crippen LogP contribution in [0.15, 0.2) is 6.08 Å². The molecule has 1 aromatic rings. The average Bonchev–Trinajstić information content (AvgIpc) is 2.70. The third kappa shape index (κ3) is 3.46. The molecule has 1 aliphatic heterocycles. The third-order valence-corrected chi connectivity index (χ3v) is 4.41. The molecule has 0 aliphatic carbocycles. The summed E-state index contributed by atoms with van der Waals surface area (Å²) in [6.45, 7) is 8.52. The van der Waals surface area contributed by atoms with Crippen molar-refractivity contribution in [3.63, 3.8) is 0 Å². The molecule has 1 saturated heterocycles. The Morgan fingerprint density at radius 3 is 2.52 bits per heavy atom. The topological polar surface area (TPSA) is 58.4 Å². The van der Waals surface area contributed by atoms with E-state index in [4.69, 9.17) is 5.11 Å². The highest BCUT2D eigenvalue weighted by molar-refractivity contribution is 5.87. The molecule has 0 unspecified atom stereocenters. The van der Waals surface area contributed by atoms with Crippen molar-refractivity contribution in [2.45, 2.75) is 33.6 Å². The van der Waals surface area contributed by atoms with E-state index < -0.39 is 5.97 Å². The minimum absolute atomic E-state index is 0.729. The summed E-state index contributed by atoms with van der Waals surface area (Å²) in [4.78, 5) is 13.1. The summed E-state index contributed by atoms with van der Waals surface area (Å²) in [5.74, 6) is 1.62. The molecule has 1 aromatic heterocycles. The predicted octanol–water partition coefficient (Wildman–Crippen LogP) is 2.70. The summed E-state index contributed by atoms with van der Waals surface area (Å²) < 4.78 is 1.87. The number of piperidine rings is 1. The second kappa shape index (κ2) is 6.33. The minimum Gasteiger partial charge on any atom is -0.478 e. The van der Waals surface area contributed by atoms with Gasteiger partial charge in [0.25, 0.3) is 0 Å². The molecule has 0 spiro atoms. The number of aromatic nitrogens is 2. The predicted molar refractivity (Wildman–Crippen MR) is 84.4 cm³/mol. The molecule has 21 heavy (non-hydrogen) atoms. The van der Waals surface area contributed by atoms with Gasteiger partial charge in [0.2, 0.25) is 0 Å². The van der Waals surface area contributed by atoms with Crippen LogP contribution in [-0.2, 0) is 11.8 Å². The summed E-state index contributed by atoms with van der Waals surface area (Å²) in [6, 6.07) is 0. The van der Waals surface area contributed by atoms with Gasteiger partial charge in [0.1, 0.15) is 5.82 Å². The first-order chi connectivity index (χ1) is 9.90. The Labute approximate surface area is 126 Å². The summed E-state index contributed by atoms with van der Waals surface area (Å²) in [5.41, 5.74) is 1.79. The number of carbonyl (C=O) groups is 1. The van der Waals surface area contributed by atoms with Crippen molar-refractivity contribution in [2.75, 3.05) is 18.0 Å². The van der Waals surface area contributed by atoms with Crippen LogP contribution in [0.4, 0.5) is 5.82 Å². The maximum absolute atomic E-state index is 10.8. The number of aryl methyl sites for hydroxylation is 2. The van der Waals surface area contributed by atoms with Crippen LogP contribution in [-0.4, -0.2) is 33.9 Å². The molecule has 2 rings (SSSR count). The van der Waals surface area contributed by atoms with Crippen LogP contribution in [0.5, 0.6) is 0 Å². The van der Waals surface area contributed by atoms with E-state index in [0.717, 1.165) is 42.0 Å². The molecule has 0 amide bonds. The molecule has 5 nitrogen and oxygen atoms in total. The second-order valence-electron chi connectivity index (χ2n) is 6.19. The van der Waals surface area contributed by atoms with E-state index in [1.807, 2.05) is 18.7 Å². The Bertz CT molecular complexity index is 538. The van der Waals surface area contributed by atoms with Crippen molar-refractivity contribution in [1.29, 1.82) is 0 Å². The zero-order chi connectivity index (χ0) is 15.6. The van der Waals surface area contributed by atoms with Gasteiger partial charge in [-0.3, -0.25) is 4.68 Å². The standard InChI is InChI=1S/C16H25N3O2/c1-11(2)13-7-9-19(10-8-13)16-14(5-6-15(20)21)12(3)17-18(16)4/h5-6,11,13H,7-10H2,1-4H3,(H,20,21)/b6-5+. The third-order valence-electron chi connectivity index (χ3n) is 4.41. The summed E-state index contributed by atoms with van der Waals surface area (Å²) in [5, 5.41) is 13.3. The zero-order valence-electron chi connectivity index (χ0n) is 13.3. The van der Waals surface area contributed by atoms with Gasteiger partial charge in [-0.25, -0.2) is 4.79 Å². The van der Waals surface area contributed by atoms with Gasteiger partial charge in [0, 0.05) is 31.8 Å². The van der Waals surface area contributed by atoms with E-state index in [-0.39, 0.29) is 0 Å². The van der Waals surface area contributed by atoms with Gasteiger partial charge in [0.15, 0.2) is 0 Å². The molecule has 0 aromatic carbocycles. The number of carboxylic acid groups (broad SMARTS) is 1. The van der Waals surface area contributed by atoms with Crippen LogP contribution >= 0.6 is 0 Å². The van der Waals surface area contributed by atoms with Crippen molar-refractivity contribution in [1.82, 2.24) is 9.78 Å². The van der Waals surface area contributed by atoms with Crippen LogP contribution in [0.3, 0.4) is 0 Å². The SMILES string of the molecule is Cc1nn(C)c(N2CCC(C(C)C)CC2)c1/C=C/C(=O)O. The highest BCUT2D eigenvalue weighted by atomic mass is 16.4. The lowest BCUT2D eigenvalue weighted by Gasteiger charge is -2.35. The van der Waals surface area contributed by atoms with E-state index in [2.05, 4.69) is 23.8 Å². The zero-order valence-corrected chi connectivity index (χ0v) is 13.3. The second-order valence-corrected chi connectivity index (χ2v) is 6.19. The average molecular weight is 291 g/mol. The van der Waals surface area contributed by atoms with Crippen molar-refractivity contribution in [2.24, 2.45) is 18.9 Å². The molecule has 1 fully saturated rings. The van der Waals surface area contributed by atoms with Crippen LogP contribution in [0.25, 0.3) is 6.08 Å². The molecular formula is C16H25N3O2. The van der Waals surface area contributed by atoms with Crippen molar-refractivity contribution >= 4 is 17.9 Å². The number of anilines is 1. The maximum Gasteiger partial charge on any atom is 0.328 e. The Hall–Kier alpha value is -1.78. The molecule has 0 bridgehead atoms. The molecule has 1 aliphatic rings. The number of nitrogens with zero attached hydrogens (tertiary/aromatic N) is 3. The number of hydrogen-bond acceptors (Lipinski definition) is 3. The molecule has 116 valence electrons. The van der Waals surface area contributed by atoms with Gasteiger partial charge in [-0.1, -0.05) is 13.8 Å². The van der Waals surface area contributed by atoms with E-state index in [9.17, 15) is 4.79 Å². The number of carboxylic acids is 1. The van der Waals surface area contributed by atoms with E-state index >= 15 is 0 Å². The summed E-state index contributed by atoms with van der Waals surface area (Å²) in [7, 11) is 1.93. The van der Waals surface area contributed by atoms with E-state index in [1.54, 1.807) is 6.08 Å². The highest BCUT2D eigenvalue weighted by Crippen LogP contribution is 2.31. The first-order valence-electron chi connectivity index (χ1n) is 7.59. The number of hydrogen-bond donors (Lipinski definition) is 1. The van der Waals surface area contributed by atoms with Gasteiger partial charge in [0.05, 0.1) is 5.69 Å². The molecule has 0 atom stereocenters. The molecule has 2 heterocycles. The van der Waals surface area contributed by atoms with Crippen LogP contribution < -0.4 is 4.90 Å². The molecule has 1 N–H and O–H groups in total. The summed E-state index contributed by atoms with van der Waals surface area (Å²) in [6.07, 6.45) is 5.22. The first kappa shape index (κ1) is 15.6. The van der Waals surface area contributed by atoms with Gasteiger partial charge >= 0.3 is 5.97 Å². The van der Waals surface area contributed by atoms with Crippen LogP contribution in [0, 0.1) is 18.8 Å². The lowest BCUT2D eigenvalue weighted by molar-refractivity contribution is -0.131. The molecule has 5 heteroatoms. The lowest BCUT2D eigenvalue weighted by Crippen LogP contribution is -2.36. The smallest absolute Gasteiger partial charge is 0.328 e. The lowest BCUT2D eigenvalue weighted by atomic mass is 9.86. The molecular weight excluding hydrogens is 266 g/mol. The van der Waals surface area contributed by atoms with E-state index in [1.165, 1.54) is 18.9 Å². The van der Waals surface area contributed by atoms with Gasteiger partial charge < -0.3 is 10.0 Å². The Kier molecular flexibility index (Phi) is 4.70. The minimum atomic E-state index is -0.928. The Balaban J connectivity index is 2.22. The fourth-order valence-corrected chi connectivity index (χ4v) is 3.17. The largest absolute Gasteiger partial charge is 0.478 e.